The maximum atomic E-state index is 13.0. The molecule has 2 N–H and O–H groups in total. The van der Waals surface area contributed by atoms with Crippen molar-refractivity contribution in [2.75, 3.05) is 18.0 Å². The second-order valence-corrected chi connectivity index (χ2v) is 9.09. The molecule has 0 fully saturated rings. The highest BCUT2D eigenvalue weighted by Gasteiger charge is 2.38. The molecule has 0 radical (unpaired) electrons. The largest absolute Gasteiger partial charge is 0.366 e. The standard InChI is InChI=1S/C22H23ClN4O2/c1-12-15-4-6-26(7-5-24)16-8-13(21(25)29)14(23)9-17(16)27(15)18-10-22(2,3)11-19(28)20(12)18/h8-9H,4,6-7,10-11H2,1-3H3,(H2,25,29). The number of nitrogens with zero attached hydrogens (tertiary/aromatic N) is 3. The number of Topliss-reactive ketones (excluding diaryl/α,β-unsaturated/α-hetero) is 1. The minimum Gasteiger partial charge on any atom is -0.366 e. The van der Waals surface area contributed by atoms with E-state index in [2.05, 4.69) is 24.5 Å². The Bertz CT molecular complexity index is 1110. The van der Waals surface area contributed by atoms with Crippen molar-refractivity contribution in [3.63, 3.8) is 0 Å². The Balaban J connectivity index is 2.05. The van der Waals surface area contributed by atoms with E-state index in [-0.39, 0.29) is 28.3 Å². The summed E-state index contributed by atoms with van der Waals surface area (Å²) < 4.78 is 2.13. The van der Waals surface area contributed by atoms with Crippen LogP contribution in [0.1, 0.15) is 57.9 Å². The van der Waals surface area contributed by atoms with Crippen LogP contribution in [0.4, 0.5) is 5.69 Å². The van der Waals surface area contributed by atoms with Crippen LogP contribution >= 0.6 is 11.6 Å². The van der Waals surface area contributed by atoms with Crippen molar-refractivity contribution in [2.45, 2.75) is 40.0 Å². The molecule has 150 valence electrons. The van der Waals surface area contributed by atoms with Gasteiger partial charge in [-0.3, -0.25) is 9.59 Å². The first-order valence-corrected chi connectivity index (χ1v) is 10.0. The Morgan fingerprint density at radius 2 is 2.00 bits per heavy atom. The molecule has 2 aromatic rings. The summed E-state index contributed by atoms with van der Waals surface area (Å²) in [6.07, 6.45) is 1.98. The fourth-order valence-corrected chi connectivity index (χ4v) is 5.00. The van der Waals surface area contributed by atoms with Gasteiger partial charge in [0.25, 0.3) is 0 Å². The lowest BCUT2D eigenvalue weighted by Crippen LogP contribution is -2.29. The first-order valence-electron chi connectivity index (χ1n) is 9.66. The molecule has 0 saturated heterocycles. The fourth-order valence-electron chi connectivity index (χ4n) is 4.75. The van der Waals surface area contributed by atoms with Crippen molar-refractivity contribution in [3.05, 3.63) is 45.2 Å². The molecule has 4 rings (SSSR count). The lowest BCUT2D eigenvalue weighted by atomic mass is 9.75. The molecule has 1 aliphatic carbocycles. The molecule has 1 amide bonds. The van der Waals surface area contributed by atoms with Gasteiger partial charge in [-0.2, -0.15) is 5.26 Å². The number of fused-ring (bicyclic) bond motifs is 5. The molecule has 1 aromatic carbocycles. The average molecular weight is 411 g/mol. The second kappa shape index (κ2) is 6.64. The number of hydrogen-bond acceptors (Lipinski definition) is 4. The van der Waals surface area contributed by atoms with Crippen molar-refractivity contribution >= 4 is 29.0 Å². The number of ketones is 1. The molecule has 0 saturated carbocycles. The summed E-state index contributed by atoms with van der Waals surface area (Å²) in [5.41, 5.74) is 11.0. The van der Waals surface area contributed by atoms with Gasteiger partial charge in [-0.05, 0) is 36.5 Å². The number of anilines is 1. The Labute approximate surface area is 174 Å². The highest BCUT2D eigenvalue weighted by atomic mass is 35.5. The van der Waals surface area contributed by atoms with Gasteiger partial charge < -0.3 is 15.2 Å². The third-order valence-electron chi connectivity index (χ3n) is 5.99. The molecule has 0 unspecified atom stereocenters. The summed E-state index contributed by atoms with van der Waals surface area (Å²) in [7, 11) is 0. The van der Waals surface area contributed by atoms with E-state index < -0.39 is 5.91 Å². The van der Waals surface area contributed by atoms with Crippen LogP contribution in [0, 0.1) is 23.7 Å². The molecule has 0 spiro atoms. The van der Waals surface area contributed by atoms with E-state index in [1.165, 1.54) is 0 Å². The van der Waals surface area contributed by atoms with Crippen LogP contribution in [0.25, 0.3) is 5.69 Å². The Morgan fingerprint density at radius 3 is 2.66 bits per heavy atom. The zero-order chi connectivity index (χ0) is 21.1. The SMILES string of the molecule is Cc1c2c(n3c1CCN(CC#N)c1cc(C(N)=O)c(Cl)cc1-3)CC(C)(C)CC2=O. The zero-order valence-electron chi connectivity index (χ0n) is 16.8. The summed E-state index contributed by atoms with van der Waals surface area (Å²) in [6.45, 7) is 6.99. The molecular formula is C22H23ClN4O2. The van der Waals surface area contributed by atoms with E-state index in [4.69, 9.17) is 17.3 Å². The monoisotopic (exact) mass is 410 g/mol. The number of primary amides is 1. The number of carbonyl (C=O) groups excluding carboxylic acids is 2. The Kier molecular flexibility index (Phi) is 4.47. The topological polar surface area (TPSA) is 92.1 Å². The molecule has 7 heteroatoms. The van der Waals surface area contributed by atoms with E-state index in [1.54, 1.807) is 12.1 Å². The number of nitrogens with two attached hydrogens (primary N) is 1. The van der Waals surface area contributed by atoms with Gasteiger partial charge in [-0.1, -0.05) is 25.4 Å². The first-order chi connectivity index (χ1) is 13.6. The van der Waals surface area contributed by atoms with Gasteiger partial charge in [0.1, 0.15) is 6.54 Å². The number of nitriles is 1. The highest BCUT2D eigenvalue weighted by molar-refractivity contribution is 6.34. The minimum atomic E-state index is -0.610. The summed E-state index contributed by atoms with van der Waals surface area (Å²) in [5.74, 6) is -0.439. The predicted molar refractivity (Wildman–Crippen MR) is 112 cm³/mol. The van der Waals surface area contributed by atoms with Crippen LogP contribution in [-0.4, -0.2) is 29.3 Å². The van der Waals surface area contributed by atoms with Gasteiger partial charge in [0.05, 0.1) is 28.0 Å². The number of rotatable bonds is 2. The summed E-state index contributed by atoms with van der Waals surface area (Å²) in [5, 5.41) is 9.59. The molecule has 2 aliphatic rings. The van der Waals surface area contributed by atoms with Crippen molar-refractivity contribution in [1.29, 1.82) is 5.26 Å². The van der Waals surface area contributed by atoms with Crippen LogP contribution in [0.2, 0.25) is 5.02 Å². The number of amides is 1. The first kappa shape index (κ1) is 19.5. The number of carbonyl (C=O) groups is 2. The average Bonchev–Trinajstić information content (AvgIpc) is 2.78. The molecule has 6 nitrogen and oxygen atoms in total. The molecule has 29 heavy (non-hydrogen) atoms. The lowest BCUT2D eigenvalue weighted by molar-refractivity contribution is 0.0909. The van der Waals surface area contributed by atoms with Crippen molar-refractivity contribution in [1.82, 2.24) is 4.57 Å². The molecule has 1 aliphatic heterocycles. The van der Waals surface area contributed by atoms with E-state index >= 15 is 0 Å². The maximum absolute atomic E-state index is 13.0. The number of benzene rings is 1. The normalized spacial score (nSPS) is 17.1. The number of halogens is 1. The quantitative estimate of drug-likeness (QED) is 0.766. The smallest absolute Gasteiger partial charge is 0.250 e. The van der Waals surface area contributed by atoms with Crippen LogP contribution in [-0.2, 0) is 12.8 Å². The van der Waals surface area contributed by atoms with Gasteiger partial charge in [0.15, 0.2) is 5.78 Å². The molecule has 0 bridgehead atoms. The highest BCUT2D eigenvalue weighted by Crippen LogP contribution is 2.43. The van der Waals surface area contributed by atoms with Crippen LogP contribution in [0.5, 0.6) is 0 Å². The van der Waals surface area contributed by atoms with Crippen molar-refractivity contribution in [2.24, 2.45) is 11.1 Å². The van der Waals surface area contributed by atoms with E-state index in [0.717, 1.165) is 40.3 Å². The van der Waals surface area contributed by atoms with Crippen molar-refractivity contribution < 1.29 is 9.59 Å². The summed E-state index contributed by atoms with van der Waals surface area (Å²) in [4.78, 5) is 26.8. The van der Waals surface area contributed by atoms with E-state index in [9.17, 15) is 14.9 Å². The van der Waals surface area contributed by atoms with Crippen LogP contribution in [0.15, 0.2) is 12.1 Å². The molecule has 1 aromatic heterocycles. The molecule has 2 heterocycles. The van der Waals surface area contributed by atoms with Crippen LogP contribution < -0.4 is 10.6 Å². The third kappa shape index (κ3) is 3.01. The Hall–Kier alpha value is -2.78. The minimum absolute atomic E-state index is 0.137. The number of aromatic nitrogens is 1. The van der Waals surface area contributed by atoms with Gasteiger partial charge in [-0.25, -0.2) is 0 Å². The van der Waals surface area contributed by atoms with Crippen molar-refractivity contribution in [3.8, 4) is 11.8 Å². The van der Waals surface area contributed by atoms with Gasteiger partial charge in [-0.15, -0.1) is 0 Å². The predicted octanol–water partition coefficient (Wildman–Crippen LogP) is 3.58. The zero-order valence-corrected chi connectivity index (χ0v) is 17.6. The van der Waals surface area contributed by atoms with Gasteiger partial charge >= 0.3 is 0 Å². The third-order valence-corrected chi connectivity index (χ3v) is 6.30. The molecular weight excluding hydrogens is 388 g/mol. The summed E-state index contributed by atoms with van der Waals surface area (Å²) >= 11 is 6.41. The van der Waals surface area contributed by atoms with Crippen LogP contribution in [0.3, 0.4) is 0 Å². The van der Waals surface area contributed by atoms with Gasteiger partial charge in [0.2, 0.25) is 5.91 Å². The lowest BCUT2D eigenvalue weighted by Gasteiger charge is -2.31. The molecule has 0 atom stereocenters. The maximum Gasteiger partial charge on any atom is 0.250 e. The van der Waals surface area contributed by atoms with E-state index in [0.29, 0.717) is 19.4 Å². The number of hydrogen-bond donors (Lipinski definition) is 1. The van der Waals surface area contributed by atoms with E-state index in [1.807, 2.05) is 11.8 Å². The fraction of sp³-hybridized carbons (Fsp3) is 0.409. The second-order valence-electron chi connectivity index (χ2n) is 8.68. The Morgan fingerprint density at radius 1 is 1.28 bits per heavy atom. The summed E-state index contributed by atoms with van der Waals surface area (Å²) in [6, 6.07) is 5.61. The van der Waals surface area contributed by atoms with Gasteiger partial charge in [0, 0.05) is 36.3 Å².